The number of nitrogens with zero attached hydrogens (tertiary/aromatic N) is 3. The monoisotopic (exact) mass is 377 g/mol. The summed E-state index contributed by atoms with van der Waals surface area (Å²) < 4.78 is 1.77. The number of hydrogen-bond donors (Lipinski definition) is 2. The van der Waals surface area contributed by atoms with Crippen LogP contribution in [0.25, 0.3) is 22.4 Å². The molecule has 2 aromatic carbocycles. The predicted octanol–water partition coefficient (Wildman–Crippen LogP) is 2.32. The average Bonchev–Trinajstić information content (AvgIpc) is 3.32. The second-order valence-electron chi connectivity index (χ2n) is 7.37. The van der Waals surface area contributed by atoms with Gasteiger partial charge in [0.1, 0.15) is 11.3 Å². The Morgan fingerprint density at radius 3 is 2.61 bits per heavy atom. The summed E-state index contributed by atoms with van der Waals surface area (Å²) in [6.45, 7) is 0.240. The normalized spacial score (nSPS) is 19.2. The second kappa shape index (κ2) is 7.22. The van der Waals surface area contributed by atoms with Gasteiger partial charge in [0.15, 0.2) is 0 Å². The summed E-state index contributed by atoms with van der Waals surface area (Å²) in [7, 11) is 1.88. The largest absolute Gasteiger partial charge is 0.393 e. The molecule has 0 spiro atoms. The first-order chi connectivity index (χ1) is 13.5. The molecule has 144 valence electrons. The fourth-order valence-corrected chi connectivity index (χ4v) is 3.67. The number of carbonyl (C=O) groups excluding carboxylic acids is 1. The fourth-order valence-electron chi connectivity index (χ4n) is 3.67. The molecule has 6 heteroatoms. The highest BCUT2D eigenvalue weighted by Crippen LogP contribution is 2.32. The van der Waals surface area contributed by atoms with Crippen molar-refractivity contribution in [2.45, 2.75) is 12.0 Å². The van der Waals surface area contributed by atoms with Gasteiger partial charge in [0.2, 0.25) is 0 Å². The number of aromatic nitrogens is 2. The number of β-amino-alcohol motifs (C(OH)–C–C–N with tert-alkyl or cyclic N) is 1. The molecule has 0 bridgehead atoms. The lowest BCUT2D eigenvalue weighted by atomic mass is 10.00. The molecule has 28 heavy (non-hydrogen) atoms. The van der Waals surface area contributed by atoms with E-state index in [1.807, 2.05) is 61.8 Å². The Morgan fingerprint density at radius 2 is 1.89 bits per heavy atom. The quantitative estimate of drug-likeness (QED) is 0.731. The molecule has 4 rings (SSSR count). The first kappa shape index (κ1) is 18.4. The SMILES string of the molecule is Cn1cc(-c2cccc(C(=O)N3CCC(O)(CO)C3)c2)c(-c2ccccc2)n1. The van der Waals surface area contributed by atoms with Crippen molar-refractivity contribution in [2.75, 3.05) is 19.7 Å². The summed E-state index contributed by atoms with van der Waals surface area (Å²) in [5.74, 6) is -0.142. The number of aliphatic hydroxyl groups is 2. The Bertz CT molecular complexity index is 999. The predicted molar refractivity (Wildman–Crippen MR) is 107 cm³/mol. The number of carbonyl (C=O) groups is 1. The molecular formula is C22H23N3O3. The summed E-state index contributed by atoms with van der Waals surface area (Å²) in [6, 6.07) is 17.4. The zero-order valence-electron chi connectivity index (χ0n) is 15.7. The highest BCUT2D eigenvalue weighted by atomic mass is 16.3. The molecule has 0 aliphatic carbocycles. The highest BCUT2D eigenvalue weighted by molar-refractivity contribution is 5.96. The third-order valence-corrected chi connectivity index (χ3v) is 5.21. The van der Waals surface area contributed by atoms with Crippen LogP contribution in [-0.4, -0.2) is 56.1 Å². The number of benzene rings is 2. The molecule has 1 atom stereocenters. The van der Waals surface area contributed by atoms with Gasteiger partial charge < -0.3 is 15.1 Å². The Hall–Kier alpha value is -2.96. The van der Waals surface area contributed by atoms with Crippen molar-refractivity contribution in [1.82, 2.24) is 14.7 Å². The summed E-state index contributed by atoms with van der Waals surface area (Å²) in [5.41, 5.74) is 3.11. The highest BCUT2D eigenvalue weighted by Gasteiger charge is 2.37. The lowest BCUT2D eigenvalue weighted by Gasteiger charge is -2.21. The Kier molecular flexibility index (Phi) is 4.75. The molecule has 3 aromatic rings. The van der Waals surface area contributed by atoms with E-state index in [1.165, 1.54) is 0 Å². The van der Waals surface area contributed by atoms with Gasteiger partial charge in [0, 0.05) is 36.5 Å². The van der Waals surface area contributed by atoms with Gasteiger partial charge in [-0.05, 0) is 24.1 Å². The molecule has 2 N–H and O–H groups in total. The van der Waals surface area contributed by atoms with Crippen molar-refractivity contribution in [3.63, 3.8) is 0 Å². The van der Waals surface area contributed by atoms with Crippen molar-refractivity contribution < 1.29 is 15.0 Å². The van der Waals surface area contributed by atoms with E-state index in [2.05, 4.69) is 5.10 Å². The van der Waals surface area contributed by atoms with Gasteiger partial charge >= 0.3 is 0 Å². The van der Waals surface area contributed by atoms with Crippen molar-refractivity contribution in [2.24, 2.45) is 7.05 Å². The summed E-state index contributed by atoms with van der Waals surface area (Å²) >= 11 is 0. The molecule has 1 aromatic heterocycles. The zero-order chi connectivity index (χ0) is 19.7. The van der Waals surface area contributed by atoms with Crippen LogP contribution in [-0.2, 0) is 7.05 Å². The van der Waals surface area contributed by atoms with Crippen LogP contribution in [0.4, 0.5) is 0 Å². The third-order valence-electron chi connectivity index (χ3n) is 5.21. The maximum Gasteiger partial charge on any atom is 0.253 e. The molecule has 1 aliphatic rings. The lowest BCUT2D eigenvalue weighted by Crippen LogP contribution is -2.38. The summed E-state index contributed by atoms with van der Waals surface area (Å²) in [4.78, 5) is 14.5. The minimum Gasteiger partial charge on any atom is -0.393 e. The van der Waals surface area contributed by atoms with Crippen LogP contribution in [0, 0.1) is 0 Å². The van der Waals surface area contributed by atoms with Crippen LogP contribution in [0.1, 0.15) is 16.8 Å². The van der Waals surface area contributed by atoms with Crippen molar-refractivity contribution in [1.29, 1.82) is 0 Å². The molecule has 1 unspecified atom stereocenters. The molecule has 1 amide bonds. The number of aryl methyl sites for hydroxylation is 1. The van der Waals surface area contributed by atoms with Gasteiger partial charge in [-0.1, -0.05) is 42.5 Å². The van der Waals surface area contributed by atoms with Crippen LogP contribution in [0.3, 0.4) is 0 Å². The maximum absolute atomic E-state index is 12.9. The van der Waals surface area contributed by atoms with Gasteiger partial charge in [-0.3, -0.25) is 9.48 Å². The van der Waals surface area contributed by atoms with Gasteiger partial charge in [-0.25, -0.2) is 0 Å². The number of rotatable bonds is 4. The van der Waals surface area contributed by atoms with Crippen LogP contribution < -0.4 is 0 Å². The Balaban J connectivity index is 1.66. The number of aliphatic hydroxyl groups excluding tert-OH is 1. The van der Waals surface area contributed by atoms with E-state index in [0.29, 0.717) is 18.5 Å². The minimum atomic E-state index is -1.20. The lowest BCUT2D eigenvalue weighted by molar-refractivity contribution is -0.00455. The average molecular weight is 377 g/mol. The third kappa shape index (κ3) is 3.44. The molecule has 1 aliphatic heterocycles. The van der Waals surface area contributed by atoms with E-state index in [1.54, 1.807) is 15.6 Å². The molecule has 0 saturated carbocycles. The van der Waals surface area contributed by atoms with E-state index in [4.69, 9.17) is 0 Å². The van der Waals surface area contributed by atoms with Crippen LogP contribution in [0.15, 0.2) is 60.8 Å². The second-order valence-corrected chi connectivity index (χ2v) is 7.37. The van der Waals surface area contributed by atoms with Gasteiger partial charge in [0.05, 0.1) is 13.2 Å². The molecule has 6 nitrogen and oxygen atoms in total. The number of amides is 1. The molecular weight excluding hydrogens is 354 g/mol. The van der Waals surface area contributed by atoms with Crippen LogP contribution >= 0.6 is 0 Å². The summed E-state index contributed by atoms with van der Waals surface area (Å²) in [5, 5.41) is 24.1. The first-order valence-electron chi connectivity index (χ1n) is 9.31. The van der Waals surface area contributed by atoms with Gasteiger partial charge in [0.25, 0.3) is 5.91 Å². The topological polar surface area (TPSA) is 78.6 Å². The van der Waals surface area contributed by atoms with Gasteiger partial charge in [-0.15, -0.1) is 0 Å². The van der Waals surface area contributed by atoms with Crippen molar-refractivity contribution in [3.8, 4) is 22.4 Å². The van der Waals surface area contributed by atoms with E-state index >= 15 is 0 Å². The van der Waals surface area contributed by atoms with E-state index in [9.17, 15) is 15.0 Å². The van der Waals surface area contributed by atoms with Crippen molar-refractivity contribution in [3.05, 3.63) is 66.4 Å². The van der Waals surface area contributed by atoms with E-state index in [-0.39, 0.29) is 19.1 Å². The molecule has 1 fully saturated rings. The molecule has 1 saturated heterocycles. The molecule has 2 heterocycles. The fraction of sp³-hybridized carbons (Fsp3) is 0.273. The summed E-state index contributed by atoms with van der Waals surface area (Å²) in [6.07, 6.45) is 2.34. The number of hydrogen-bond acceptors (Lipinski definition) is 4. The Morgan fingerprint density at radius 1 is 1.14 bits per heavy atom. The van der Waals surface area contributed by atoms with E-state index < -0.39 is 5.60 Å². The molecule has 0 radical (unpaired) electrons. The number of likely N-dealkylation sites (tertiary alicyclic amines) is 1. The maximum atomic E-state index is 12.9. The smallest absolute Gasteiger partial charge is 0.253 e. The minimum absolute atomic E-state index is 0.142. The van der Waals surface area contributed by atoms with Crippen LogP contribution in [0.2, 0.25) is 0 Å². The first-order valence-corrected chi connectivity index (χ1v) is 9.31. The zero-order valence-corrected chi connectivity index (χ0v) is 15.7. The Labute approximate surface area is 163 Å². The van der Waals surface area contributed by atoms with E-state index in [0.717, 1.165) is 22.4 Å². The standard InChI is InChI=1S/C22H23N3O3/c1-24-13-19(20(23-24)16-6-3-2-4-7-16)17-8-5-9-18(12-17)21(27)25-11-10-22(28,14-25)15-26/h2-9,12-13,26,28H,10-11,14-15H2,1H3. The van der Waals surface area contributed by atoms with Crippen LogP contribution in [0.5, 0.6) is 0 Å². The van der Waals surface area contributed by atoms with Gasteiger partial charge in [-0.2, -0.15) is 5.10 Å². The van der Waals surface area contributed by atoms with Crippen molar-refractivity contribution >= 4 is 5.91 Å².